The third kappa shape index (κ3) is 3.59. The van der Waals surface area contributed by atoms with Crippen LogP contribution in [0.1, 0.15) is 24.8 Å². The number of hydrogen-bond acceptors (Lipinski definition) is 2. The van der Waals surface area contributed by atoms with Crippen molar-refractivity contribution in [1.82, 2.24) is 0 Å². The van der Waals surface area contributed by atoms with E-state index in [1.807, 2.05) is 6.07 Å². The second kappa shape index (κ2) is 5.57. The number of hydrogen-bond donors (Lipinski definition) is 1. The van der Waals surface area contributed by atoms with E-state index in [-0.39, 0.29) is 18.2 Å². The zero-order valence-corrected chi connectivity index (χ0v) is 11.5. The molecule has 0 radical (unpaired) electrons. The molecule has 2 rings (SSSR count). The Labute approximate surface area is 117 Å². The van der Waals surface area contributed by atoms with E-state index >= 15 is 0 Å². The van der Waals surface area contributed by atoms with Crippen LogP contribution in [0.5, 0.6) is 0 Å². The van der Waals surface area contributed by atoms with E-state index in [9.17, 15) is 4.79 Å². The maximum Gasteiger partial charge on any atom is 0.152 e. The van der Waals surface area contributed by atoms with Crippen LogP contribution in [0.3, 0.4) is 0 Å². The molecule has 2 N–H and O–H groups in total. The van der Waals surface area contributed by atoms with E-state index < -0.39 is 5.54 Å². The summed E-state index contributed by atoms with van der Waals surface area (Å²) in [7, 11) is 0. The highest BCUT2D eigenvalue weighted by Gasteiger charge is 2.44. The average Bonchev–Trinajstić information content (AvgIpc) is 2.99. The van der Waals surface area contributed by atoms with Crippen molar-refractivity contribution in [2.75, 3.05) is 0 Å². The van der Waals surface area contributed by atoms with Gasteiger partial charge in [-0.05, 0) is 37.0 Å². The minimum absolute atomic E-state index is 0. The van der Waals surface area contributed by atoms with E-state index in [4.69, 9.17) is 28.9 Å². The Morgan fingerprint density at radius 1 is 1.29 bits per heavy atom. The van der Waals surface area contributed by atoms with Gasteiger partial charge in [-0.2, -0.15) is 0 Å². The molecule has 5 heteroatoms. The summed E-state index contributed by atoms with van der Waals surface area (Å²) in [4.78, 5) is 11.7. The monoisotopic (exact) mass is 293 g/mol. The summed E-state index contributed by atoms with van der Waals surface area (Å²) in [6, 6.07) is 5.43. The van der Waals surface area contributed by atoms with Crippen molar-refractivity contribution < 1.29 is 4.79 Å². The number of aryl methyl sites for hydroxylation is 1. The Morgan fingerprint density at radius 3 is 2.47 bits per heavy atom. The Bertz CT molecular complexity index is 430. The van der Waals surface area contributed by atoms with Gasteiger partial charge in [0.1, 0.15) is 0 Å². The molecule has 1 fully saturated rings. The standard InChI is InChI=1S/C12H13Cl2NO.ClH/c13-9-3-1-8(7-10(9)14)2-4-11(16)12(15)5-6-12;/h1,3,7H,2,4-6,15H2;1H. The summed E-state index contributed by atoms with van der Waals surface area (Å²) >= 11 is 11.7. The van der Waals surface area contributed by atoms with Gasteiger partial charge >= 0.3 is 0 Å². The fraction of sp³-hybridized carbons (Fsp3) is 0.417. The number of halogens is 3. The lowest BCUT2D eigenvalue weighted by Crippen LogP contribution is -2.32. The molecule has 0 aliphatic heterocycles. The van der Waals surface area contributed by atoms with Crippen LogP contribution >= 0.6 is 35.6 Å². The number of nitrogens with two attached hydrogens (primary N) is 1. The van der Waals surface area contributed by atoms with Crippen LogP contribution in [0.25, 0.3) is 0 Å². The Kier molecular flexibility index (Phi) is 4.85. The van der Waals surface area contributed by atoms with Gasteiger partial charge < -0.3 is 5.73 Å². The molecular formula is C12H14Cl3NO. The lowest BCUT2D eigenvalue weighted by Gasteiger charge is -2.07. The van der Waals surface area contributed by atoms with E-state index in [1.54, 1.807) is 12.1 Å². The summed E-state index contributed by atoms with van der Waals surface area (Å²) in [5.74, 6) is 0.151. The van der Waals surface area contributed by atoms with Gasteiger partial charge in [-0.3, -0.25) is 4.79 Å². The second-order valence-electron chi connectivity index (χ2n) is 4.33. The molecule has 0 heterocycles. The molecule has 1 aromatic carbocycles. The minimum atomic E-state index is -0.518. The fourth-order valence-electron chi connectivity index (χ4n) is 1.62. The van der Waals surface area contributed by atoms with Crippen molar-refractivity contribution in [2.45, 2.75) is 31.2 Å². The first kappa shape index (κ1) is 14.8. The number of benzene rings is 1. The van der Waals surface area contributed by atoms with Crippen LogP contribution in [0.4, 0.5) is 0 Å². The van der Waals surface area contributed by atoms with Crippen LogP contribution < -0.4 is 5.73 Å². The van der Waals surface area contributed by atoms with Crippen LogP contribution in [0.15, 0.2) is 18.2 Å². The Hall–Kier alpha value is -0.280. The van der Waals surface area contributed by atoms with Gasteiger partial charge in [0.25, 0.3) is 0 Å². The molecule has 0 saturated heterocycles. The summed E-state index contributed by atoms with van der Waals surface area (Å²) in [6.07, 6.45) is 2.81. The van der Waals surface area contributed by atoms with Crippen molar-refractivity contribution in [3.63, 3.8) is 0 Å². The molecule has 1 saturated carbocycles. The molecule has 0 aromatic heterocycles. The average molecular weight is 295 g/mol. The highest BCUT2D eigenvalue weighted by Crippen LogP contribution is 2.34. The smallest absolute Gasteiger partial charge is 0.152 e. The number of carbonyl (C=O) groups excluding carboxylic acids is 1. The zero-order chi connectivity index (χ0) is 11.8. The number of ketones is 1. The largest absolute Gasteiger partial charge is 0.319 e. The highest BCUT2D eigenvalue weighted by atomic mass is 35.5. The van der Waals surface area contributed by atoms with Crippen molar-refractivity contribution >= 4 is 41.4 Å². The Morgan fingerprint density at radius 2 is 1.94 bits per heavy atom. The van der Waals surface area contributed by atoms with E-state index in [0.717, 1.165) is 18.4 Å². The van der Waals surface area contributed by atoms with E-state index in [0.29, 0.717) is 22.9 Å². The molecule has 0 unspecified atom stereocenters. The van der Waals surface area contributed by atoms with Crippen LogP contribution in [0.2, 0.25) is 10.0 Å². The number of Topliss-reactive ketones (excluding diaryl/α,β-unsaturated/α-hetero) is 1. The topological polar surface area (TPSA) is 43.1 Å². The molecule has 2 nitrogen and oxygen atoms in total. The Balaban J connectivity index is 0.00000144. The molecule has 1 aromatic rings. The van der Waals surface area contributed by atoms with Crippen LogP contribution in [0, 0.1) is 0 Å². The maximum absolute atomic E-state index is 11.7. The first-order valence-electron chi connectivity index (χ1n) is 5.27. The van der Waals surface area contributed by atoms with Crippen molar-refractivity contribution in [3.05, 3.63) is 33.8 Å². The molecule has 0 bridgehead atoms. The minimum Gasteiger partial charge on any atom is -0.319 e. The SMILES string of the molecule is Cl.NC1(C(=O)CCc2ccc(Cl)c(Cl)c2)CC1. The number of rotatable bonds is 4. The third-order valence-electron chi connectivity index (χ3n) is 2.97. The van der Waals surface area contributed by atoms with Gasteiger partial charge in [0, 0.05) is 6.42 Å². The molecule has 0 amide bonds. The molecule has 0 spiro atoms. The van der Waals surface area contributed by atoms with Crippen LogP contribution in [-0.4, -0.2) is 11.3 Å². The first-order chi connectivity index (χ1) is 7.51. The maximum atomic E-state index is 11.7. The van der Waals surface area contributed by atoms with Crippen molar-refractivity contribution in [1.29, 1.82) is 0 Å². The second-order valence-corrected chi connectivity index (χ2v) is 5.14. The molecule has 17 heavy (non-hydrogen) atoms. The summed E-state index contributed by atoms with van der Waals surface area (Å²) in [6.45, 7) is 0. The van der Waals surface area contributed by atoms with E-state index in [2.05, 4.69) is 0 Å². The van der Waals surface area contributed by atoms with Crippen molar-refractivity contribution in [2.24, 2.45) is 5.73 Å². The van der Waals surface area contributed by atoms with Gasteiger partial charge in [0.15, 0.2) is 5.78 Å². The van der Waals surface area contributed by atoms with Gasteiger partial charge in [0.05, 0.1) is 15.6 Å². The summed E-state index contributed by atoms with van der Waals surface area (Å²) in [5, 5.41) is 1.06. The molecule has 94 valence electrons. The summed E-state index contributed by atoms with van der Waals surface area (Å²) in [5.41, 5.74) is 6.31. The van der Waals surface area contributed by atoms with Gasteiger partial charge in [0.2, 0.25) is 0 Å². The van der Waals surface area contributed by atoms with Gasteiger partial charge in [-0.1, -0.05) is 29.3 Å². The lowest BCUT2D eigenvalue weighted by atomic mass is 10.0. The molecule has 1 aliphatic rings. The quantitative estimate of drug-likeness (QED) is 0.925. The van der Waals surface area contributed by atoms with Gasteiger partial charge in [-0.25, -0.2) is 0 Å². The normalized spacial score (nSPS) is 16.2. The highest BCUT2D eigenvalue weighted by molar-refractivity contribution is 6.42. The molecular weight excluding hydrogens is 280 g/mol. The lowest BCUT2D eigenvalue weighted by molar-refractivity contribution is -0.121. The molecule has 1 aliphatic carbocycles. The predicted molar refractivity (Wildman–Crippen MR) is 73.2 cm³/mol. The summed E-state index contributed by atoms with van der Waals surface area (Å²) < 4.78 is 0. The van der Waals surface area contributed by atoms with Crippen molar-refractivity contribution in [3.8, 4) is 0 Å². The van der Waals surface area contributed by atoms with Gasteiger partial charge in [-0.15, -0.1) is 12.4 Å². The van der Waals surface area contributed by atoms with E-state index in [1.165, 1.54) is 0 Å². The zero-order valence-electron chi connectivity index (χ0n) is 9.21. The first-order valence-corrected chi connectivity index (χ1v) is 6.03. The molecule has 0 atom stereocenters. The predicted octanol–water partition coefficient (Wildman–Crippen LogP) is 3.41. The third-order valence-corrected chi connectivity index (χ3v) is 3.71. The van der Waals surface area contributed by atoms with Crippen LogP contribution in [-0.2, 0) is 11.2 Å². The fourth-order valence-corrected chi connectivity index (χ4v) is 1.94. The number of carbonyl (C=O) groups is 1.